The molecule has 2 bridgehead atoms. The van der Waals surface area contributed by atoms with Crippen molar-refractivity contribution < 1.29 is 71.7 Å². The topological polar surface area (TPSA) is 215 Å². The van der Waals surface area contributed by atoms with Crippen LogP contribution in [-0.2, 0) is 73.0 Å². The molecule has 0 spiro atoms. The first-order chi connectivity index (χ1) is 27.9. The number of carbonyl (C=O) groups is 5. The number of hydrogen-bond acceptors (Lipinski definition) is 16. The van der Waals surface area contributed by atoms with Gasteiger partial charge in [-0.15, -0.1) is 0 Å². The van der Waals surface area contributed by atoms with Gasteiger partial charge in [0.25, 0.3) is 5.60 Å². The van der Waals surface area contributed by atoms with E-state index < -0.39 is 93.8 Å². The van der Waals surface area contributed by atoms with Gasteiger partial charge in [0.1, 0.15) is 22.9 Å². The third kappa shape index (κ3) is 12.4. The standard InChI is InChI=1S/C45H69NO15/c1-27(32(54-29(3)47)28(2)26-30-20-17-16-18-21-30)23-24-43-33(56-42(13,14)53-15)34(55-31(48)22-19-25-46)45(61-43,38(51)60-41(10,11)12)44(52,37(50)59-40(7,8)9)35(57-43)36(49)58-39(4,5)6/h16-18,20-21,28,32-35,52H,1,19,22-26,46H2,2-15H3/t28?,32?,33-,34-,35-,43-,44-,45-/m1/s1. The zero-order chi connectivity index (χ0) is 46.6. The van der Waals surface area contributed by atoms with E-state index in [0.717, 1.165) is 5.56 Å². The Labute approximate surface area is 360 Å². The third-order valence-electron chi connectivity index (χ3n) is 9.89. The summed E-state index contributed by atoms with van der Waals surface area (Å²) < 4.78 is 55.0. The maximum atomic E-state index is 15.2. The summed E-state index contributed by atoms with van der Waals surface area (Å²) in [6, 6.07) is 9.56. The molecule has 16 heteroatoms. The minimum atomic E-state index is -3.50. The largest absolute Gasteiger partial charge is 0.458 e. The lowest BCUT2D eigenvalue weighted by molar-refractivity contribution is -0.387. The van der Waals surface area contributed by atoms with Crippen molar-refractivity contribution >= 4 is 29.8 Å². The zero-order valence-electron chi connectivity index (χ0n) is 38.5. The van der Waals surface area contributed by atoms with Crippen LogP contribution in [0.25, 0.3) is 0 Å². The molecule has 3 rings (SSSR count). The van der Waals surface area contributed by atoms with Crippen LogP contribution in [-0.4, -0.2) is 113 Å². The fourth-order valence-electron chi connectivity index (χ4n) is 7.25. The first kappa shape index (κ1) is 51.4. The van der Waals surface area contributed by atoms with Crippen molar-refractivity contribution in [1.29, 1.82) is 0 Å². The van der Waals surface area contributed by atoms with Crippen LogP contribution in [0.3, 0.4) is 0 Å². The Balaban J connectivity index is 2.46. The maximum Gasteiger partial charge on any atom is 0.347 e. The lowest BCUT2D eigenvalue weighted by atomic mass is 9.74. The van der Waals surface area contributed by atoms with E-state index in [4.69, 9.17) is 48.4 Å². The van der Waals surface area contributed by atoms with E-state index in [1.807, 2.05) is 37.3 Å². The van der Waals surface area contributed by atoms with Gasteiger partial charge in [-0.1, -0.05) is 43.8 Å². The van der Waals surface area contributed by atoms with Gasteiger partial charge in [0.2, 0.25) is 17.5 Å². The number of esters is 5. The summed E-state index contributed by atoms with van der Waals surface area (Å²) in [6.07, 6.45) is -7.26. The molecule has 2 unspecified atom stereocenters. The predicted octanol–water partition coefficient (Wildman–Crippen LogP) is 5.17. The lowest BCUT2D eigenvalue weighted by Gasteiger charge is -2.51. The van der Waals surface area contributed by atoms with Crippen molar-refractivity contribution in [3.63, 3.8) is 0 Å². The molecule has 2 heterocycles. The van der Waals surface area contributed by atoms with Crippen LogP contribution in [0.5, 0.6) is 0 Å². The van der Waals surface area contributed by atoms with Gasteiger partial charge in [-0.05, 0) is 113 Å². The second-order valence-corrected chi connectivity index (χ2v) is 19.3. The Kier molecular flexibility index (Phi) is 16.2. The van der Waals surface area contributed by atoms with Crippen molar-refractivity contribution in [2.45, 2.75) is 186 Å². The van der Waals surface area contributed by atoms with E-state index in [1.165, 1.54) is 69.4 Å². The number of benzene rings is 1. The molecule has 1 aromatic carbocycles. The van der Waals surface area contributed by atoms with Crippen LogP contribution in [0, 0.1) is 5.92 Å². The second kappa shape index (κ2) is 19.2. The monoisotopic (exact) mass is 863 g/mol. The van der Waals surface area contributed by atoms with E-state index in [1.54, 1.807) is 20.8 Å². The highest BCUT2D eigenvalue weighted by Crippen LogP contribution is 2.59. The number of aliphatic hydroxyl groups is 1. The Hall–Kier alpha value is -3.93. The molecule has 0 aromatic heterocycles. The molecule has 0 aliphatic carbocycles. The molecule has 16 nitrogen and oxygen atoms in total. The molecule has 0 saturated carbocycles. The number of rotatable bonds is 18. The van der Waals surface area contributed by atoms with E-state index in [-0.39, 0.29) is 38.1 Å². The van der Waals surface area contributed by atoms with Crippen LogP contribution < -0.4 is 5.73 Å². The van der Waals surface area contributed by atoms with Gasteiger partial charge in [-0.3, -0.25) is 9.59 Å². The first-order valence-electron chi connectivity index (χ1n) is 20.7. The first-order valence-corrected chi connectivity index (χ1v) is 20.7. The number of carbonyl (C=O) groups excluding carboxylic acids is 5. The summed E-state index contributed by atoms with van der Waals surface area (Å²) in [5.74, 6) is -10.0. The molecular weight excluding hydrogens is 794 g/mol. The minimum absolute atomic E-state index is 0.0913. The molecule has 1 aromatic rings. The fraction of sp³-hybridized carbons (Fsp3) is 0.711. The second-order valence-electron chi connectivity index (χ2n) is 19.3. The van der Waals surface area contributed by atoms with E-state index >= 15 is 4.79 Å². The number of nitrogens with two attached hydrogens (primary N) is 1. The summed E-state index contributed by atoms with van der Waals surface area (Å²) >= 11 is 0. The van der Waals surface area contributed by atoms with Crippen LogP contribution in [0.4, 0.5) is 0 Å². The Morgan fingerprint density at radius 2 is 1.41 bits per heavy atom. The lowest BCUT2D eigenvalue weighted by Crippen LogP contribution is -2.79. The third-order valence-corrected chi connectivity index (χ3v) is 9.89. The number of hydrogen-bond donors (Lipinski definition) is 2. The molecule has 61 heavy (non-hydrogen) atoms. The average molecular weight is 864 g/mol. The molecule has 344 valence electrons. The van der Waals surface area contributed by atoms with Crippen LogP contribution in [0.1, 0.15) is 121 Å². The Bertz CT molecular complexity index is 1740. The fourth-order valence-corrected chi connectivity index (χ4v) is 7.25. The summed E-state index contributed by atoms with van der Waals surface area (Å²) in [7, 11) is 1.33. The van der Waals surface area contributed by atoms with Crippen molar-refractivity contribution in [3.05, 3.63) is 48.0 Å². The van der Waals surface area contributed by atoms with Crippen LogP contribution in [0.15, 0.2) is 42.5 Å². The van der Waals surface area contributed by atoms with Crippen LogP contribution in [0.2, 0.25) is 0 Å². The highest BCUT2D eigenvalue weighted by Gasteiger charge is 2.87. The van der Waals surface area contributed by atoms with Crippen LogP contribution >= 0.6 is 0 Å². The normalized spacial score (nSPS) is 26.4. The van der Waals surface area contributed by atoms with Gasteiger partial charge in [0.05, 0.1) is 0 Å². The van der Waals surface area contributed by atoms with Crippen molar-refractivity contribution in [2.75, 3.05) is 13.7 Å². The molecule has 0 radical (unpaired) electrons. The summed E-state index contributed by atoms with van der Waals surface area (Å²) in [4.78, 5) is 70.9. The van der Waals surface area contributed by atoms with Gasteiger partial charge < -0.3 is 53.5 Å². The molecule has 3 N–H and O–H groups in total. The smallest absolute Gasteiger partial charge is 0.347 e. The maximum absolute atomic E-state index is 15.2. The molecule has 2 fully saturated rings. The van der Waals surface area contributed by atoms with Gasteiger partial charge in [-0.25, -0.2) is 14.4 Å². The minimum Gasteiger partial charge on any atom is -0.458 e. The molecule has 2 saturated heterocycles. The SMILES string of the molecule is C=C(CC[C@@]12O[C@H](C(=O)OC(C)(C)C)[C@@](O)(C(=O)OC(C)(C)C)[C@@](C(=O)OC(C)(C)C)(O1)[C@H](OC(=O)CCCN)[C@H]2OC(C)(C)OC)C(OC(C)=O)C(C)Cc1ccccc1. The number of ether oxygens (including phenoxy) is 9. The zero-order valence-corrected chi connectivity index (χ0v) is 38.5. The van der Waals surface area contributed by atoms with E-state index in [2.05, 4.69) is 6.58 Å². The van der Waals surface area contributed by atoms with Crippen molar-refractivity contribution in [2.24, 2.45) is 11.7 Å². The number of methoxy groups -OCH3 is 1. The Morgan fingerprint density at radius 1 is 0.852 bits per heavy atom. The molecular formula is C45H69NO15. The predicted molar refractivity (Wildman–Crippen MR) is 221 cm³/mol. The molecule has 2 aliphatic rings. The van der Waals surface area contributed by atoms with Gasteiger partial charge in [0.15, 0.2) is 18.0 Å². The molecule has 0 amide bonds. The summed E-state index contributed by atoms with van der Waals surface area (Å²) in [6.45, 7) is 24.3. The summed E-state index contributed by atoms with van der Waals surface area (Å²) in [5.41, 5.74) is -3.47. The van der Waals surface area contributed by atoms with Crippen molar-refractivity contribution in [3.8, 4) is 0 Å². The molecule has 2 aliphatic heterocycles. The van der Waals surface area contributed by atoms with Gasteiger partial charge in [-0.2, -0.15) is 0 Å². The average Bonchev–Trinajstić information content (AvgIpc) is 3.34. The van der Waals surface area contributed by atoms with E-state index in [9.17, 15) is 24.3 Å². The quantitative estimate of drug-likeness (QED) is 0.0843. The van der Waals surface area contributed by atoms with Crippen molar-refractivity contribution in [1.82, 2.24) is 0 Å². The highest BCUT2D eigenvalue weighted by atomic mass is 16.8. The Morgan fingerprint density at radius 3 is 1.92 bits per heavy atom. The highest BCUT2D eigenvalue weighted by molar-refractivity contribution is 6.00. The van der Waals surface area contributed by atoms with Gasteiger partial charge in [0, 0.05) is 32.8 Å². The van der Waals surface area contributed by atoms with E-state index in [0.29, 0.717) is 12.0 Å². The number of fused-ring (bicyclic) bond motifs is 2. The summed E-state index contributed by atoms with van der Waals surface area (Å²) in [5, 5.41) is 13.3. The molecule has 8 atom stereocenters. The van der Waals surface area contributed by atoms with Gasteiger partial charge >= 0.3 is 29.8 Å².